The van der Waals surface area contributed by atoms with Gasteiger partial charge in [-0.3, -0.25) is 4.79 Å². The van der Waals surface area contributed by atoms with E-state index in [2.05, 4.69) is 27.2 Å². The van der Waals surface area contributed by atoms with Gasteiger partial charge in [0.05, 0.1) is 37.8 Å². The maximum absolute atomic E-state index is 12.2. The summed E-state index contributed by atoms with van der Waals surface area (Å²) in [5, 5.41) is 3.01. The van der Waals surface area contributed by atoms with Crippen LogP contribution >= 0.6 is 0 Å². The molecule has 6 nitrogen and oxygen atoms in total. The molecule has 0 spiro atoms. The molecule has 0 aromatic heterocycles. The highest BCUT2D eigenvalue weighted by molar-refractivity contribution is 6.02. The topological polar surface area (TPSA) is 54.0 Å². The van der Waals surface area contributed by atoms with Crippen molar-refractivity contribution in [1.29, 1.82) is 0 Å². The van der Waals surface area contributed by atoms with E-state index in [1.54, 1.807) is 12.2 Å². The predicted molar refractivity (Wildman–Crippen MR) is 105 cm³/mol. The predicted octanol–water partition coefficient (Wildman–Crippen LogP) is 2.43. The minimum Gasteiger partial charge on any atom is -0.378 e. The van der Waals surface area contributed by atoms with Gasteiger partial charge in [0, 0.05) is 37.9 Å². The van der Waals surface area contributed by atoms with Gasteiger partial charge < -0.3 is 24.6 Å². The molecule has 0 atom stereocenters. The Balaban J connectivity index is 1.83. The summed E-state index contributed by atoms with van der Waals surface area (Å²) in [5.74, 6) is -0.128. The van der Waals surface area contributed by atoms with Gasteiger partial charge >= 0.3 is 0 Å². The number of carbonyl (C=O) groups excluding carboxylic acids is 1. The Bertz CT molecular complexity index is 660. The molecule has 6 heteroatoms. The Morgan fingerprint density at radius 1 is 1.00 bits per heavy atom. The minimum atomic E-state index is -0.128. The molecule has 0 radical (unpaired) electrons. The molecule has 1 aromatic carbocycles. The van der Waals surface area contributed by atoms with Crippen LogP contribution in [0.2, 0.25) is 0 Å². The van der Waals surface area contributed by atoms with Crippen LogP contribution in [0.4, 0.5) is 17.1 Å². The highest BCUT2D eigenvalue weighted by Crippen LogP contribution is 2.32. The zero-order valence-electron chi connectivity index (χ0n) is 15.3. The monoisotopic (exact) mass is 357 g/mol. The fourth-order valence-corrected chi connectivity index (χ4v) is 3.14. The standard InChI is InChI=1S/C20H27N3O3/c1-2-3-4-5-20(24)21-18-7-6-17(22-8-12-25-13-9-22)16-19(18)23-10-14-26-15-11-23/h2-7,16H,8-15H2,1H3,(H,21,24)/b3-2+,5-4+. The molecule has 3 rings (SSSR count). The highest BCUT2D eigenvalue weighted by Gasteiger charge is 2.19. The fraction of sp³-hybridized carbons (Fsp3) is 0.450. The van der Waals surface area contributed by atoms with E-state index in [1.165, 1.54) is 0 Å². The van der Waals surface area contributed by atoms with Crippen LogP contribution in [0.3, 0.4) is 0 Å². The van der Waals surface area contributed by atoms with Crippen LogP contribution in [0.1, 0.15) is 6.92 Å². The maximum Gasteiger partial charge on any atom is 0.248 e. The third-order valence-electron chi connectivity index (χ3n) is 4.52. The number of allylic oxidation sites excluding steroid dienone is 3. The van der Waals surface area contributed by atoms with Gasteiger partial charge in [-0.25, -0.2) is 0 Å². The Kier molecular flexibility index (Phi) is 6.68. The lowest BCUT2D eigenvalue weighted by atomic mass is 10.1. The molecule has 1 amide bonds. The first-order valence-electron chi connectivity index (χ1n) is 9.18. The van der Waals surface area contributed by atoms with E-state index in [-0.39, 0.29) is 5.91 Å². The Morgan fingerprint density at radius 3 is 2.31 bits per heavy atom. The lowest BCUT2D eigenvalue weighted by Crippen LogP contribution is -2.38. The molecule has 0 aliphatic carbocycles. The summed E-state index contributed by atoms with van der Waals surface area (Å²) in [7, 11) is 0. The van der Waals surface area contributed by atoms with Crippen LogP contribution in [-0.4, -0.2) is 58.5 Å². The summed E-state index contributed by atoms with van der Waals surface area (Å²) < 4.78 is 10.9. The van der Waals surface area contributed by atoms with E-state index in [1.807, 2.05) is 25.1 Å². The average Bonchev–Trinajstić information content (AvgIpc) is 2.70. The minimum absolute atomic E-state index is 0.128. The summed E-state index contributed by atoms with van der Waals surface area (Å²) in [5.41, 5.74) is 3.04. The fourth-order valence-electron chi connectivity index (χ4n) is 3.14. The number of amides is 1. The van der Waals surface area contributed by atoms with Gasteiger partial charge in [-0.05, 0) is 25.1 Å². The van der Waals surface area contributed by atoms with Crippen molar-refractivity contribution in [2.75, 3.05) is 67.7 Å². The third-order valence-corrected chi connectivity index (χ3v) is 4.52. The molecule has 0 bridgehead atoms. The molecule has 2 saturated heterocycles. The Morgan fingerprint density at radius 2 is 1.65 bits per heavy atom. The van der Waals surface area contributed by atoms with Gasteiger partial charge in [-0.15, -0.1) is 0 Å². The number of nitrogens with zero attached hydrogens (tertiary/aromatic N) is 2. The number of benzene rings is 1. The van der Waals surface area contributed by atoms with E-state index in [9.17, 15) is 4.79 Å². The molecule has 2 fully saturated rings. The second kappa shape index (κ2) is 9.40. The first-order chi connectivity index (χ1) is 12.8. The van der Waals surface area contributed by atoms with E-state index in [0.29, 0.717) is 13.2 Å². The number of nitrogens with one attached hydrogen (secondary N) is 1. The molecule has 0 saturated carbocycles. The van der Waals surface area contributed by atoms with Gasteiger partial charge in [-0.2, -0.15) is 0 Å². The number of hydrogen-bond donors (Lipinski definition) is 1. The Labute approximate surface area is 155 Å². The molecular weight excluding hydrogens is 330 g/mol. The van der Waals surface area contributed by atoms with Crippen LogP contribution in [0.25, 0.3) is 0 Å². The summed E-state index contributed by atoms with van der Waals surface area (Å²) >= 11 is 0. The lowest BCUT2D eigenvalue weighted by molar-refractivity contribution is -0.111. The molecule has 1 aromatic rings. The lowest BCUT2D eigenvalue weighted by Gasteiger charge is -2.33. The van der Waals surface area contributed by atoms with Gasteiger partial charge in [0.2, 0.25) is 5.91 Å². The smallest absolute Gasteiger partial charge is 0.248 e. The van der Waals surface area contributed by atoms with Gasteiger partial charge in [0.15, 0.2) is 0 Å². The van der Waals surface area contributed by atoms with Crippen molar-refractivity contribution < 1.29 is 14.3 Å². The van der Waals surface area contributed by atoms with Crippen molar-refractivity contribution in [3.05, 3.63) is 42.5 Å². The summed E-state index contributed by atoms with van der Waals surface area (Å²) in [6.07, 6.45) is 7.01. The van der Waals surface area contributed by atoms with Gasteiger partial charge in [-0.1, -0.05) is 18.2 Å². The number of anilines is 3. The number of ether oxygens (including phenoxy) is 2. The summed E-state index contributed by atoms with van der Waals surface area (Å²) in [4.78, 5) is 16.8. The third kappa shape index (κ3) is 4.86. The molecule has 1 N–H and O–H groups in total. The van der Waals surface area contributed by atoms with E-state index < -0.39 is 0 Å². The first-order valence-corrected chi connectivity index (χ1v) is 9.18. The SMILES string of the molecule is C/C=C/C=C/C(=O)Nc1ccc(N2CCOCC2)cc1N1CCOCC1. The van der Waals surface area contributed by atoms with Crippen molar-refractivity contribution >= 4 is 23.0 Å². The van der Waals surface area contributed by atoms with Crippen molar-refractivity contribution in [1.82, 2.24) is 0 Å². The quantitative estimate of drug-likeness (QED) is 0.648. The molecule has 140 valence electrons. The van der Waals surface area contributed by atoms with Gasteiger partial charge in [0.25, 0.3) is 0 Å². The number of morpholine rings is 2. The normalized spacial score (nSPS) is 18.7. The number of carbonyl (C=O) groups is 1. The molecule has 2 aliphatic rings. The largest absolute Gasteiger partial charge is 0.378 e. The second-order valence-corrected chi connectivity index (χ2v) is 6.27. The zero-order chi connectivity index (χ0) is 18.2. The van der Waals surface area contributed by atoms with Crippen LogP contribution in [0.5, 0.6) is 0 Å². The zero-order valence-corrected chi connectivity index (χ0v) is 15.3. The summed E-state index contributed by atoms with van der Waals surface area (Å²) in [6.45, 7) is 8.26. The number of hydrogen-bond acceptors (Lipinski definition) is 5. The molecule has 2 aliphatic heterocycles. The van der Waals surface area contributed by atoms with Crippen molar-refractivity contribution in [3.63, 3.8) is 0 Å². The van der Waals surface area contributed by atoms with Crippen molar-refractivity contribution in [2.45, 2.75) is 6.92 Å². The van der Waals surface area contributed by atoms with E-state index in [4.69, 9.17) is 9.47 Å². The van der Waals surface area contributed by atoms with Crippen LogP contribution in [-0.2, 0) is 14.3 Å². The van der Waals surface area contributed by atoms with E-state index in [0.717, 1.165) is 56.5 Å². The summed E-state index contributed by atoms with van der Waals surface area (Å²) in [6, 6.07) is 6.24. The van der Waals surface area contributed by atoms with Crippen LogP contribution < -0.4 is 15.1 Å². The second-order valence-electron chi connectivity index (χ2n) is 6.27. The molecule has 26 heavy (non-hydrogen) atoms. The highest BCUT2D eigenvalue weighted by atomic mass is 16.5. The van der Waals surface area contributed by atoms with Gasteiger partial charge in [0.1, 0.15) is 0 Å². The average molecular weight is 357 g/mol. The van der Waals surface area contributed by atoms with Crippen molar-refractivity contribution in [3.8, 4) is 0 Å². The van der Waals surface area contributed by atoms with Crippen LogP contribution in [0.15, 0.2) is 42.5 Å². The molecular formula is C20H27N3O3. The molecule has 2 heterocycles. The van der Waals surface area contributed by atoms with Crippen molar-refractivity contribution in [2.24, 2.45) is 0 Å². The van der Waals surface area contributed by atoms with Crippen LogP contribution in [0, 0.1) is 0 Å². The maximum atomic E-state index is 12.2. The van der Waals surface area contributed by atoms with E-state index >= 15 is 0 Å². The first kappa shape index (κ1) is 18.5. The Hall–Kier alpha value is -2.31. The molecule has 0 unspecified atom stereocenters. The number of rotatable bonds is 5.